The van der Waals surface area contributed by atoms with Crippen LogP contribution >= 0.6 is 0 Å². The Morgan fingerprint density at radius 1 is 1.46 bits per heavy atom. The average Bonchev–Trinajstić information content (AvgIpc) is 2.50. The number of anilines is 1. The molecule has 0 saturated heterocycles. The summed E-state index contributed by atoms with van der Waals surface area (Å²) in [6.45, 7) is -1.61. The van der Waals surface area contributed by atoms with Crippen LogP contribution in [0.2, 0.25) is 0 Å². The number of nitrogens with one attached hydrogen (secondary N) is 1. The number of aliphatic carboxylic acids is 1. The second-order valence-corrected chi connectivity index (χ2v) is 4.73. The van der Waals surface area contributed by atoms with Crippen molar-refractivity contribution in [2.75, 3.05) is 25.5 Å². The zero-order chi connectivity index (χ0) is 18.3. The molecule has 0 radical (unpaired) electrons. The first kappa shape index (κ1) is 19.5. The summed E-state index contributed by atoms with van der Waals surface area (Å²) in [6, 6.07) is 1.75. The van der Waals surface area contributed by atoms with Crippen LogP contribution in [0.5, 0.6) is 5.88 Å². The van der Waals surface area contributed by atoms with Crippen molar-refractivity contribution >= 4 is 17.7 Å². The first-order chi connectivity index (χ1) is 11.1. The van der Waals surface area contributed by atoms with Gasteiger partial charge in [-0.3, -0.25) is 4.79 Å². The van der Waals surface area contributed by atoms with Crippen LogP contribution in [-0.2, 0) is 4.79 Å². The number of alkyl halides is 4. The molecule has 24 heavy (non-hydrogen) atoms. The third-order valence-electron chi connectivity index (χ3n) is 2.73. The van der Waals surface area contributed by atoms with E-state index in [0.717, 1.165) is 17.2 Å². The summed E-state index contributed by atoms with van der Waals surface area (Å²) >= 11 is 0. The van der Waals surface area contributed by atoms with E-state index in [-0.39, 0.29) is 24.5 Å². The lowest BCUT2D eigenvalue weighted by Crippen LogP contribution is -2.34. The minimum Gasteiger partial charge on any atom is -0.481 e. The molecule has 0 bridgehead atoms. The van der Waals surface area contributed by atoms with Gasteiger partial charge in [0.05, 0.1) is 6.42 Å². The molecular formula is C13H15F4N3O4. The van der Waals surface area contributed by atoms with Gasteiger partial charge in [0.1, 0.15) is 0 Å². The molecule has 1 rings (SSSR count). The molecule has 0 aliphatic heterocycles. The van der Waals surface area contributed by atoms with Crippen molar-refractivity contribution in [2.24, 2.45) is 0 Å². The molecular weight excluding hydrogens is 338 g/mol. The smallest absolute Gasteiger partial charge is 0.340 e. The van der Waals surface area contributed by atoms with E-state index in [4.69, 9.17) is 5.11 Å². The Hall–Kier alpha value is -2.59. The van der Waals surface area contributed by atoms with Crippen molar-refractivity contribution in [3.63, 3.8) is 0 Å². The molecule has 0 atom stereocenters. The van der Waals surface area contributed by atoms with E-state index < -0.39 is 31.0 Å². The largest absolute Gasteiger partial charge is 0.481 e. The Bertz CT molecular complexity index is 586. The molecule has 2 N–H and O–H groups in total. The van der Waals surface area contributed by atoms with Crippen molar-refractivity contribution in [3.8, 4) is 5.88 Å². The Morgan fingerprint density at radius 3 is 2.71 bits per heavy atom. The zero-order valence-corrected chi connectivity index (χ0v) is 12.5. The van der Waals surface area contributed by atoms with Gasteiger partial charge >= 0.3 is 24.3 Å². The van der Waals surface area contributed by atoms with Crippen molar-refractivity contribution in [1.82, 2.24) is 9.88 Å². The number of rotatable bonds is 8. The topological polar surface area (TPSA) is 91.8 Å². The van der Waals surface area contributed by atoms with Crippen LogP contribution in [0, 0.1) is 0 Å². The second kappa shape index (κ2) is 8.31. The summed E-state index contributed by atoms with van der Waals surface area (Å²) in [5, 5.41) is 10.9. The van der Waals surface area contributed by atoms with E-state index in [1.807, 2.05) is 0 Å². The van der Waals surface area contributed by atoms with Gasteiger partial charge in [-0.05, 0) is 6.07 Å². The average molecular weight is 353 g/mol. The Labute approximate surface area is 134 Å². The van der Waals surface area contributed by atoms with Gasteiger partial charge in [-0.25, -0.2) is 18.6 Å². The number of pyridine rings is 1. The maximum absolute atomic E-state index is 12.8. The van der Waals surface area contributed by atoms with Crippen LogP contribution in [0.4, 0.5) is 28.0 Å². The minimum absolute atomic E-state index is 0.0454. The highest BCUT2D eigenvalue weighted by atomic mass is 19.3. The fourth-order valence-corrected chi connectivity index (χ4v) is 1.38. The molecule has 0 spiro atoms. The lowest BCUT2D eigenvalue weighted by atomic mass is 10.3. The van der Waals surface area contributed by atoms with Crippen LogP contribution in [0.25, 0.3) is 0 Å². The lowest BCUT2D eigenvalue weighted by Gasteiger charge is -2.18. The van der Waals surface area contributed by atoms with Gasteiger partial charge in [0.25, 0.3) is 0 Å². The maximum atomic E-state index is 12.8. The van der Waals surface area contributed by atoms with Gasteiger partial charge in [0.15, 0.2) is 6.61 Å². The molecule has 1 heterocycles. The van der Waals surface area contributed by atoms with Crippen LogP contribution < -0.4 is 10.1 Å². The van der Waals surface area contributed by atoms with E-state index in [1.165, 1.54) is 13.1 Å². The molecule has 2 amide bonds. The number of hydrogen-bond donors (Lipinski definition) is 2. The molecule has 0 fully saturated rings. The summed E-state index contributed by atoms with van der Waals surface area (Å²) in [7, 11) is 1.36. The van der Waals surface area contributed by atoms with Crippen LogP contribution in [0.3, 0.4) is 0 Å². The monoisotopic (exact) mass is 353 g/mol. The number of halogens is 4. The number of aromatic nitrogens is 1. The summed E-state index contributed by atoms with van der Waals surface area (Å²) in [5.74, 6) is -5.77. The summed E-state index contributed by atoms with van der Waals surface area (Å²) in [4.78, 5) is 26.9. The van der Waals surface area contributed by atoms with Gasteiger partial charge in [0.2, 0.25) is 5.88 Å². The normalized spacial score (nSPS) is 11.2. The van der Waals surface area contributed by atoms with Gasteiger partial charge in [0, 0.05) is 31.5 Å². The van der Waals surface area contributed by atoms with E-state index >= 15 is 0 Å². The van der Waals surface area contributed by atoms with Crippen molar-refractivity contribution in [2.45, 2.75) is 18.8 Å². The number of hydrogen-bond acceptors (Lipinski definition) is 4. The Kier molecular flexibility index (Phi) is 6.74. The highest BCUT2D eigenvalue weighted by Gasteiger charge is 2.41. The molecule has 0 aliphatic carbocycles. The number of carboxylic acids is 1. The number of carboxylic acid groups (broad SMARTS) is 1. The van der Waals surface area contributed by atoms with Gasteiger partial charge in [-0.1, -0.05) is 0 Å². The molecule has 0 saturated carbocycles. The summed E-state index contributed by atoms with van der Waals surface area (Å²) < 4.78 is 54.1. The van der Waals surface area contributed by atoms with Crippen LogP contribution in [-0.4, -0.2) is 59.5 Å². The number of carbonyl (C=O) groups is 2. The molecule has 134 valence electrons. The Morgan fingerprint density at radius 2 is 2.12 bits per heavy atom. The van der Waals surface area contributed by atoms with Crippen LogP contribution in [0.1, 0.15) is 6.42 Å². The van der Waals surface area contributed by atoms with Gasteiger partial charge in [-0.2, -0.15) is 8.78 Å². The molecule has 0 aliphatic rings. The third kappa shape index (κ3) is 6.26. The standard InChI is InChI=1S/C13H15F4N3O4/c1-20(5-3-10(21)22)12(23)19-8-2-4-18-9(6-8)24-7-13(16,17)11(14)15/h2,4,6,11H,3,5,7H2,1H3,(H,21,22)(H,18,19,23). The number of urea groups is 1. The first-order valence-corrected chi connectivity index (χ1v) is 6.60. The lowest BCUT2D eigenvalue weighted by molar-refractivity contribution is -0.148. The number of carbonyl (C=O) groups excluding carboxylic acids is 1. The molecule has 1 aromatic heterocycles. The van der Waals surface area contributed by atoms with Crippen molar-refractivity contribution < 1.29 is 37.0 Å². The number of nitrogens with zero attached hydrogens (tertiary/aromatic N) is 2. The number of ether oxygens (including phenoxy) is 1. The van der Waals surface area contributed by atoms with Crippen molar-refractivity contribution in [3.05, 3.63) is 18.3 Å². The second-order valence-electron chi connectivity index (χ2n) is 4.73. The van der Waals surface area contributed by atoms with E-state index in [0.29, 0.717) is 0 Å². The summed E-state index contributed by atoms with van der Waals surface area (Å²) in [6.07, 6.45) is -3.00. The fraction of sp³-hybridized carbons (Fsp3) is 0.462. The fourth-order valence-electron chi connectivity index (χ4n) is 1.38. The maximum Gasteiger partial charge on any atom is 0.340 e. The zero-order valence-electron chi connectivity index (χ0n) is 12.5. The van der Waals surface area contributed by atoms with E-state index in [1.54, 1.807) is 0 Å². The molecule has 0 aromatic carbocycles. The SMILES string of the molecule is CN(CCC(=O)O)C(=O)Nc1ccnc(OCC(F)(F)C(F)F)c1. The molecule has 11 heteroatoms. The van der Waals surface area contributed by atoms with Gasteiger partial charge in [-0.15, -0.1) is 0 Å². The summed E-state index contributed by atoms with van der Waals surface area (Å²) in [5.41, 5.74) is 0.118. The van der Waals surface area contributed by atoms with Crippen molar-refractivity contribution in [1.29, 1.82) is 0 Å². The molecule has 0 unspecified atom stereocenters. The third-order valence-corrected chi connectivity index (χ3v) is 2.73. The highest BCUT2D eigenvalue weighted by molar-refractivity contribution is 5.89. The van der Waals surface area contributed by atoms with E-state index in [2.05, 4.69) is 15.0 Å². The minimum atomic E-state index is -4.32. The molecule has 7 nitrogen and oxygen atoms in total. The highest BCUT2D eigenvalue weighted by Crippen LogP contribution is 2.24. The molecule has 1 aromatic rings. The predicted octanol–water partition coefficient (Wildman–Crippen LogP) is 2.30. The first-order valence-electron chi connectivity index (χ1n) is 6.60. The van der Waals surface area contributed by atoms with Crippen LogP contribution in [0.15, 0.2) is 18.3 Å². The predicted molar refractivity (Wildman–Crippen MR) is 74.6 cm³/mol. The quantitative estimate of drug-likeness (QED) is 0.700. The Balaban J connectivity index is 2.62. The van der Waals surface area contributed by atoms with Gasteiger partial charge < -0.3 is 20.1 Å². The van der Waals surface area contributed by atoms with E-state index in [9.17, 15) is 27.2 Å². The number of amides is 2.